The molecule has 0 saturated carbocycles. The van der Waals surface area contributed by atoms with Gasteiger partial charge in [-0.25, -0.2) is 0 Å². The molecule has 0 radical (unpaired) electrons. The third-order valence-corrected chi connectivity index (χ3v) is 3.90. The van der Waals surface area contributed by atoms with Crippen LogP contribution in [-0.2, 0) is 11.2 Å². The van der Waals surface area contributed by atoms with Crippen LogP contribution < -0.4 is 10.1 Å². The van der Waals surface area contributed by atoms with Crippen LogP contribution in [0.5, 0.6) is 5.75 Å². The first kappa shape index (κ1) is 16.1. The molecule has 0 aliphatic carbocycles. The first-order chi connectivity index (χ1) is 11.7. The van der Waals surface area contributed by atoms with Crippen molar-refractivity contribution in [3.8, 4) is 5.75 Å². The third-order valence-electron chi connectivity index (χ3n) is 3.90. The number of aryl methyl sites for hydroxylation is 2. The topological polar surface area (TPSA) is 54.1 Å². The summed E-state index contributed by atoms with van der Waals surface area (Å²) in [6.07, 6.45) is 2.17. The van der Waals surface area contributed by atoms with Gasteiger partial charge in [0, 0.05) is 16.6 Å². The Labute approximate surface area is 141 Å². The van der Waals surface area contributed by atoms with Crippen LogP contribution in [0, 0.1) is 6.92 Å². The van der Waals surface area contributed by atoms with Crippen LogP contribution in [-0.4, -0.2) is 17.5 Å². The van der Waals surface area contributed by atoms with Gasteiger partial charge in [-0.05, 0) is 49.2 Å². The lowest BCUT2D eigenvalue weighted by Crippen LogP contribution is -2.20. The minimum absolute atomic E-state index is 0.00703. The highest BCUT2D eigenvalue weighted by Gasteiger charge is 2.08. The monoisotopic (exact) mass is 322 g/mol. The lowest BCUT2D eigenvalue weighted by atomic mass is 10.1. The minimum atomic E-state index is -0.168. The fourth-order valence-corrected chi connectivity index (χ4v) is 2.78. The van der Waals surface area contributed by atoms with Gasteiger partial charge in [0.25, 0.3) is 5.91 Å². The van der Waals surface area contributed by atoms with Crippen LogP contribution >= 0.6 is 0 Å². The summed E-state index contributed by atoms with van der Waals surface area (Å²) in [4.78, 5) is 15.4. The molecule has 4 nitrogen and oxygen atoms in total. The van der Waals surface area contributed by atoms with Gasteiger partial charge in [-0.15, -0.1) is 0 Å². The Balaban J connectivity index is 1.60. The molecule has 1 heterocycles. The molecule has 0 aliphatic rings. The molecular formula is C20H22N2O2. The molecule has 0 bridgehead atoms. The zero-order valence-electron chi connectivity index (χ0n) is 14.1. The normalized spacial score (nSPS) is 10.8. The Morgan fingerprint density at radius 1 is 1.17 bits per heavy atom. The van der Waals surface area contributed by atoms with Crippen molar-refractivity contribution in [2.24, 2.45) is 0 Å². The number of carbonyl (C=O) groups excluding carboxylic acids is 1. The van der Waals surface area contributed by atoms with E-state index >= 15 is 0 Å². The number of anilines is 1. The van der Waals surface area contributed by atoms with Crippen molar-refractivity contribution in [3.05, 3.63) is 59.8 Å². The van der Waals surface area contributed by atoms with E-state index in [1.165, 1.54) is 5.56 Å². The van der Waals surface area contributed by atoms with Crippen LogP contribution in [0.15, 0.2) is 48.5 Å². The number of benzene rings is 2. The summed E-state index contributed by atoms with van der Waals surface area (Å²) in [5.74, 6) is 0.541. The minimum Gasteiger partial charge on any atom is -0.484 e. The number of rotatable bonds is 6. The molecule has 1 amide bonds. The van der Waals surface area contributed by atoms with E-state index < -0.39 is 0 Å². The van der Waals surface area contributed by atoms with Crippen molar-refractivity contribution < 1.29 is 9.53 Å². The Kier molecular flexibility index (Phi) is 4.85. The zero-order chi connectivity index (χ0) is 16.9. The molecule has 2 aromatic carbocycles. The van der Waals surface area contributed by atoms with E-state index in [0.29, 0.717) is 5.75 Å². The van der Waals surface area contributed by atoms with Gasteiger partial charge in [-0.3, -0.25) is 4.79 Å². The fraction of sp³-hybridized carbons (Fsp3) is 0.250. The number of carbonyl (C=O) groups is 1. The van der Waals surface area contributed by atoms with E-state index in [0.717, 1.165) is 35.1 Å². The first-order valence-corrected chi connectivity index (χ1v) is 8.25. The van der Waals surface area contributed by atoms with Gasteiger partial charge in [0.2, 0.25) is 0 Å². The standard InChI is InChI=1S/C20H22N2O2/c1-3-5-15-8-10-16(11-9-15)24-13-20(23)22-19-7-4-6-18-17(19)12-14(2)21-18/h4,6-12,21H,3,5,13H2,1-2H3,(H,22,23). The second-order valence-corrected chi connectivity index (χ2v) is 5.95. The van der Waals surface area contributed by atoms with E-state index in [9.17, 15) is 4.79 Å². The summed E-state index contributed by atoms with van der Waals surface area (Å²) < 4.78 is 5.57. The quantitative estimate of drug-likeness (QED) is 0.704. The smallest absolute Gasteiger partial charge is 0.262 e. The lowest BCUT2D eigenvalue weighted by molar-refractivity contribution is -0.118. The van der Waals surface area contributed by atoms with Crippen molar-refractivity contribution in [3.63, 3.8) is 0 Å². The van der Waals surface area contributed by atoms with Crippen LogP contribution in [0.25, 0.3) is 10.9 Å². The highest BCUT2D eigenvalue weighted by molar-refractivity contribution is 6.02. The summed E-state index contributed by atoms with van der Waals surface area (Å²) >= 11 is 0. The maximum Gasteiger partial charge on any atom is 0.262 e. The van der Waals surface area contributed by atoms with Crippen LogP contribution in [0.2, 0.25) is 0 Å². The third kappa shape index (κ3) is 3.77. The average Bonchev–Trinajstić information content (AvgIpc) is 2.96. The number of fused-ring (bicyclic) bond motifs is 1. The van der Waals surface area contributed by atoms with Crippen LogP contribution in [0.4, 0.5) is 5.69 Å². The van der Waals surface area contributed by atoms with E-state index in [-0.39, 0.29) is 12.5 Å². The largest absolute Gasteiger partial charge is 0.484 e. The Bertz CT molecular complexity index is 834. The summed E-state index contributed by atoms with van der Waals surface area (Å²) in [6, 6.07) is 15.7. The van der Waals surface area contributed by atoms with Crippen molar-refractivity contribution in [2.75, 3.05) is 11.9 Å². The Morgan fingerprint density at radius 3 is 2.71 bits per heavy atom. The molecular weight excluding hydrogens is 300 g/mol. The molecule has 0 unspecified atom stereocenters. The maximum atomic E-state index is 12.2. The van der Waals surface area contributed by atoms with E-state index in [4.69, 9.17) is 4.74 Å². The van der Waals surface area contributed by atoms with Crippen molar-refractivity contribution >= 4 is 22.5 Å². The van der Waals surface area contributed by atoms with Gasteiger partial charge >= 0.3 is 0 Å². The van der Waals surface area contributed by atoms with Crippen molar-refractivity contribution in [1.82, 2.24) is 4.98 Å². The van der Waals surface area contributed by atoms with Crippen LogP contribution in [0.3, 0.4) is 0 Å². The summed E-state index contributed by atoms with van der Waals surface area (Å²) in [7, 11) is 0. The molecule has 3 aromatic rings. The highest BCUT2D eigenvalue weighted by Crippen LogP contribution is 2.24. The predicted molar refractivity (Wildman–Crippen MR) is 97.6 cm³/mol. The van der Waals surface area contributed by atoms with Gasteiger partial charge in [0.1, 0.15) is 5.75 Å². The fourth-order valence-electron chi connectivity index (χ4n) is 2.78. The highest BCUT2D eigenvalue weighted by atomic mass is 16.5. The maximum absolute atomic E-state index is 12.2. The summed E-state index contributed by atoms with van der Waals surface area (Å²) in [5, 5.41) is 3.92. The molecule has 2 N–H and O–H groups in total. The average molecular weight is 322 g/mol. The van der Waals surface area contributed by atoms with Gasteiger partial charge < -0.3 is 15.0 Å². The Morgan fingerprint density at radius 2 is 1.96 bits per heavy atom. The van der Waals surface area contributed by atoms with E-state index in [2.05, 4.69) is 17.2 Å². The van der Waals surface area contributed by atoms with E-state index in [1.807, 2.05) is 55.5 Å². The molecule has 4 heteroatoms. The van der Waals surface area contributed by atoms with Crippen LogP contribution in [0.1, 0.15) is 24.6 Å². The molecule has 3 rings (SSSR count). The lowest BCUT2D eigenvalue weighted by Gasteiger charge is -2.09. The SMILES string of the molecule is CCCc1ccc(OCC(=O)Nc2cccc3[nH]c(C)cc23)cc1. The number of hydrogen-bond acceptors (Lipinski definition) is 2. The number of hydrogen-bond donors (Lipinski definition) is 2. The molecule has 24 heavy (non-hydrogen) atoms. The van der Waals surface area contributed by atoms with Gasteiger partial charge in [0.05, 0.1) is 5.69 Å². The number of amides is 1. The molecule has 0 spiro atoms. The number of H-pyrrole nitrogens is 1. The molecule has 0 fully saturated rings. The number of nitrogens with one attached hydrogen (secondary N) is 2. The van der Waals surface area contributed by atoms with Gasteiger partial charge in [-0.2, -0.15) is 0 Å². The van der Waals surface area contributed by atoms with Gasteiger partial charge in [0.15, 0.2) is 6.61 Å². The van der Waals surface area contributed by atoms with Gasteiger partial charge in [-0.1, -0.05) is 31.5 Å². The number of ether oxygens (including phenoxy) is 1. The second-order valence-electron chi connectivity index (χ2n) is 5.95. The summed E-state index contributed by atoms with van der Waals surface area (Å²) in [6.45, 7) is 4.14. The number of aromatic amines is 1. The Hall–Kier alpha value is -2.75. The first-order valence-electron chi connectivity index (χ1n) is 8.25. The van der Waals surface area contributed by atoms with E-state index in [1.54, 1.807) is 0 Å². The molecule has 0 aliphatic heterocycles. The zero-order valence-corrected chi connectivity index (χ0v) is 14.1. The molecule has 0 saturated heterocycles. The van der Waals surface area contributed by atoms with Crippen molar-refractivity contribution in [1.29, 1.82) is 0 Å². The predicted octanol–water partition coefficient (Wildman–Crippen LogP) is 4.45. The second kappa shape index (κ2) is 7.21. The molecule has 124 valence electrons. The molecule has 1 aromatic heterocycles. The molecule has 0 atom stereocenters. The summed E-state index contributed by atoms with van der Waals surface area (Å²) in [5.41, 5.74) is 4.15. The number of aromatic nitrogens is 1. The van der Waals surface area contributed by atoms with Crippen molar-refractivity contribution in [2.45, 2.75) is 26.7 Å².